The van der Waals surface area contributed by atoms with Crippen molar-refractivity contribution in [3.8, 4) is 0 Å². The Kier molecular flexibility index (Phi) is 4.59. The number of nitrogens with zero attached hydrogens (tertiary/aromatic N) is 1. The van der Waals surface area contributed by atoms with Gasteiger partial charge in [0.15, 0.2) is 0 Å². The lowest BCUT2D eigenvalue weighted by atomic mass is 10.0. The summed E-state index contributed by atoms with van der Waals surface area (Å²) in [6, 6.07) is 6.38. The van der Waals surface area contributed by atoms with E-state index in [9.17, 15) is 4.79 Å². The van der Waals surface area contributed by atoms with Crippen LogP contribution in [0.15, 0.2) is 18.2 Å². The molecule has 0 aliphatic carbocycles. The fraction of sp³-hybridized carbons (Fsp3) is 0.562. The van der Waals surface area contributed by atoms with Crippen molar-refractivity contribution in [2.75, 3.05) is 13.1 Å². The molecule has 0 radical (unpaired) electrons. The lowest BCUT2D eigenvalue weighted by Gasteiger charge is -2.25. The van der Waals surface area contributed by atoms with E-state index in [1.165, 1.54) is 11.1 Å². The maximum absolute atomic E-state index is 12.6. The number of likely N-dealkylation sites (tertiary alicyclic amines) is 1. The first-order valence-electron chi connectivity index (χ1n) is 7.21. The Labute approximate surface area is 115 Å². The van der Waals surface area contributed by atoms with Gasteiger partial charge in [-0.05, 0) is 69.3 Å². The molecule has 2 rings (SSSR count). The van der Waals surface area contributed by atoms with E-state index in [0.29, 0.717) is 12.6 Å². The fourth-order valence-electron chi connectivity index (χ4n) is 2.80. The number of nitrogens with two attached hydrogens (primary N) is 1. The molecule has 1 saturated heterocycles. The second-order valence-electron chi connectivity index (χ2n) is 5.52. The van der Waals surface area contributed by atoms with Crippen LogP contribution in [0.1, 0.15) is 47.2 Å². The fourth-order valence-corrected chi connectivity index (χ4v) is 2.80. The molecule has 19 heavy (non-hydrogen) atoms. The van der Waals surface area contributed by atoms with Crippen LogP contribution in [0.4, 0.5) is 0 Å². The molecule has 1 fully saturated rings. The van der Waals surface area contributed by atoms with E-state index < -0.39 is 0 Å². The van der Waals surface area contributed by atoms with Crippen molar-refractivity contribution in [1.29, 1.82) is 0 Å². The SMILES string of the molecule is Cc1ccc(C(=O)N2CCCC2CCCN)cc1C. The first-order chi connectivity index (χ1) is 9.13. The average molecular weight is 260 g/mol. The lowest BCUT2D eigenvalue weighted by Crippen LogP contribution is -2.35. The van der Waals surface area contributed by atoms with E-state index in [0.717, 1.165) is 37.8 Å². The van der Waals surface area contributed by atoms with Crippen LogP contribution < -0.4 is 5.73 Å². The summed E-state index contributed by atoms with van der Waals surface area (Å²) in [7, 11) is 0. The van der Waals surface area contributed by atoms with Crippen LogP contribution in [0.3, 0.4) is 0 Å². The summed E-state index contributed by atoms with van der Waals surface area (Å²) in [5, 5.41) is 0. The monoisotopic (exact) mass is 260 g/mol. The molecular weight excluding hydrogens is 236 g/mol. The maximum Gasteiger partial charge on any atom is 0.254 e. The molecular formula is C16H24N2O. The van der Waals surface area contributed by atoms with Crippen molar-refractivity contribution < 1.29 is 4.79 Å². The molecule has 104 valence electrons. The molecule has 0 spiro atoms. The van der Waals surface area contributed by atoms with Crippen LogP contribution >= 0.6 is 0 Å². The van der Waals surface area contributed by atoms with Crippen molar-refractivity contribution in [3.05, 3.63) is 34.9 Å². The Balaban J connectivity index is 2.11. The molecule has 3 heteroatoms. The van der Waals surface area contributed by atoms with Gasteiger partial charge in [-0.2, -0.15) is 0 Å². The van der Waals surface area contributed by atoms with Gasteiger partial charge in [0.2, 0.25) is 0 Å². The minimum atomic E-state index is 0.183. The predicted octanol–water partition coefficient (Wildman–Crippen LogP) is 2.65. The molecule has 1 aromatic rings. The van der Waals surface area contributed by atoms with E-state index in [2.05, 4.69) is 13.8 Å². The van der Waals surface area contributed by atoms with Gasteiger partial charge in [0.25, 0.3) is 5.91 Å². The molecule has 1 aliphatic rings. The van der Waals surface area contributed by atoms with Crippen molar-refractivity contribution in [1.82, 2.24) is 4.90 Å². The Morgan fingerprint density at radius 1 is 1.37 bits per heavy atom. The number of hydrogen-bond donors (Lipinski definition) is 1. The maximum atomic E-state index is 12.6. The first-order valence-corrected chi connectivity index (χ1v) is 7.21. The number of hydrogen-bond acceptors (Lipinski definition) is 2. The molecule has 1 atom stereocenters. The molecule has 1 heterocycles. The zero-order valence-corrected chi connectivity index (χ0v) is 12.0. The number of carbonyl (C=O) groups is 1. The van der Waals surface area contributed by atoms with Crippen LogP contribution in [0.25, 0.3) is 0 Å². The van der Waals surface area contributed by atoms with Crippen LogP contribution in [-0.2, 0) is 0 Å². The Bertz CT molecular complexity index is 456. The van der Waals surface area contributed by atoms with E-state index >= 15 is 0 Å². The van der Waals surface area contributed by atoms with Gasteiger partial charge in [0.05, 0.1) is 0 Å². The highest BCUT2D eigenvalue weighted by Crippen LogP contribution is 2.24. The smallest absolute Gasteiger partial charge is 0.254 e. The number of amides is 1. The van der Waals surface area contributed by atoms with Gasteiger partial charge in [-0.25, -0.2) is 0 Å². The third-order valence-electron chi connectivity index (χ3n) is 4.13. The predicted molar refractivity (Wildman–Crippen MR) is 78.3 cm³/mol. The Hall–Kier alpha value is -1.35. The van der Waals surface area contributed by atoms with Crippen LogP contribution in [0.5, 0.6) is 0 Å². The molecule has 0 saturated carbocycles. The van der Waals surface area contributed by atoms with Crippen molar-refractivity contribution in [3.63, 3.8) is 0 Å². The first kappa shape index (κ1) is 14.1. The van der Waals surface area contributed by atoms with Crippen molar-refractivity contribution in [2.45, 2.75) is 45.6 Å². The minimum absolute atomic E-state index is 0.183. The Morgan fingerprint density at radius 2 is 2.16 bits per heavy atom. The quantitative estimate of drug-likeness (QED) is 0.904. The van der Waals surface area contributed by atoms with Gasteiger partial charge in [0.1, 0.15) is 0 Å². The summed E-state index contributed by atoms with van der Waals surface area (Å²) < 4.78 is 0. The zero-order chi connectivity index (χ0) is 13.8. The van der Waals surface area contributed by atoms with Gasteiger partial charge in [-0.3, -0.25) is 4.79 Å². The number of benzene rings is 1. The Morgan fingerprint density at radius 3 is 2.84 bits per heavy atom. The third-order valence-corrected chi connectivity index (χ3v) is 4.13. The standard InChI is InChI=1S/C16H24N2O/c1-12-7-8-14(11-13(12)2)16(19)18-10-4-6-15(18)5-3-9-17/h7-8,11,15H,3-6,9-10,17H2,1-2H3. The highest BCUT2D eigenvalue weighted by molar-refractivity contribution is 5.94. The zero-order valence-electron chi connectivity index (χ0n) is 12.0. The number of rotatable bonds is 4. The summed E-state index contributed by atoms with van der Waals surface area (Å²) in [5.41, 5.74) is 8.81. The van der Waals surface area contributed by atoms with Crippen molar-refractivity contribution in [2.24, 2.45) is 5.73 Å². The average Bonchev–Trinajstić information content (AvgIpc) is 2.87. The summed E-state index contributed by atoms with van der Waals surface area (Å²) in [6.07, 6.45) is 4.27. The molecule has 0 aromatic heterocycles. The largest absolute Gasteiger partial charge is 0.336 e. The van der Waals surface area contributed by atoms with Gasteiger partial charge >= 0.3 is 0 Å². The highest BCUT2D eigenvalue weighted by Gasteiger charge is 2.28. The number of carbonyl (C=O) groups excluding carboxylic acids is 1. The van der Waals surface area contributed by atoms with E-state index in [1.807, 2.05) is 23.1 Å². The topological polar surface area (TPSA) is 46.3 Å². The summed E-state index contributed by atoms with van der Waals surface area (Å²) >= 11 is 0. The van der Waals surface area contributed by atoms with Gasteiger partial charge < -0.3 is 10.6 Å². The molecule has 1 aliphatic heterocycles. The van der Waals surface area contributed by atoms with Crippen LogP contribution in [-0.4, -0.2) is 29.9 Å². The molecule has 1 unspecified atom stereocenters. The summed E-state index contributed by atoms with van der Waals surface area (Å²) in [5.74, 6) is 0.183. The summed E-state index contributed by atoms with van der Waals surface area (Å²) in [4.78, 5) is 14.6. The van der Waals surface area contributed by atoms with Crippen LogP contribution in [0, 0.1) is 13.8 Å². The minimum Gasteiger partial charge on any atom is -0.336 e. The van der Waals surface area contributed by atoms with E-state index in [1.54, 1.807) is 0 Å². The molecule has 2 N–H and O–H groups in total. The molecule has 1 aromatic carbocycles. The lowest BCUT2D eigenvalue weighted by molar-refractivity contribution is 0.0729. The van der Waals surface area contributed by atoms with Gasteiger partial charge in [-0.15, -0.1) is 0 Å². The molecule has 1 amide bonds. The van der Waals surface area contributed by atoms with E-state index in [-0.39, 0.29) is 5.91 Å². The normalized spacial score (nSPS) is 18.9. The molecule has 3 nitrogen and oxygen atoms in total. The number of aryl methyl sites for hydroxylation is 2. The van der Waals surface area contributed by atoms with Gasteiger partial charge in [-0.1, -0.05) is 6.07 Å². The highest BCUT2D eigenvalue weighted by atomic mass is 16.2. The second-order valence-corrected chi connectivity index (χ2v) is 5.52. The van der Waals surface area contributed by atoms with Crippen LogP contribution in [0.2, 0.25) is 0 Å². The summed E-state index contributed by atoms with van der Waals surface area (Å²) in [6.45, 7) is 5.73. The molecule has 0 bridgehead atoms. The second kappa shape index (κ2) is 6.20. The van der Waals surface area contributed by atoms with Crippen molar-refractivity contribution >= 4 is 5.91 Å². The third kappa shape index (κ3) is 3.16. The van der Waals surface area contributed by atoms with E-state index in [4.69, 9.17) is 5.73 Å². The van der Waals surface area contributed by atoms with Gasteiger partial charge in [0, 0.05) is 18.2 Å².